The summed E-state index contributed by atoms with van der Waals surface area (Å²) < 4.78 is 5.39. The lowest BCUT2D eigenvalue weighted by Crippen LogP contribution is -2.24. The SMILES string of the molecule is CC.C[C@@H]1COc2ccccc2C1=O. The molecule has 0 N–H and O–H groups in total. The Morgan fingerprint density at radius 2 is 1.93 bits per heavy atom. The van der Waals surface area contributed by atoms with Gasteiger partial charge < -0.3 is 4.74 Å². The molecule has 0 saturated heterocycles. The van der Waals surface area contributed by atoms with E-state index in [0.29, 0.717) is 6.61 Å². The van der Waals surface area contributed by atoms with Gasteiger partial charge in [-0.15, -0.1) is 0 Å². The van der Waals surface area contributed by atoms with Gasteiger partial charge in [0.25, 0.3) is 0 Å². The molecule has 0 aliphatic carbocycles. The van der Waals surface area contributed by atoms with E-state index in [0.717, 1.165) is 11.3 Å². The minimum Gasteiger partial charge on any atom is -0.492 e. The molecule has 0 spiro atoms. The number of carbonyl (C=O) groups is 1. The third kappa shape index (κ3) is 1.95. The van der Waals surface area contributed by atoms with Crippen molar-refractivity contribution in [3.8, 4) is 5.75 Å². The molecule has 2 heteroatoms. The van der Waals surface area contributed by atoms with Crippen LogP contribution in [-0.2, 0) is 0 Å². The summed E-state index contributed by atoms with van der Waals surface area (Å²) in [5.41, 5.74) is 0.719. The largest absolute Gasteiger partial charge is 0.492 e. The van der Waals surface area contributed by atoms with E-state index in [1.807, 2.05) is 45.0 Å². The molecular formula is C12H16O2. The third-order valence-electron chi connectivity index (χ3n) is 2.09. The molecule has 0 unspecified atom stereocenters. The summed E-state index contributed by atoms with van der Waals surface area (Å²) >= 11 is 0. The monoisotopic (exact) mass is 192 g/mol. The van der Waals surface area contributed by atoms with E-state index in [9.17, 15) is 4.79 Å². The summed E-state index contributed by atoms with van der Waals surface area (Å²) in [6.07, 6.45) is 0. The summed E-state index contributed by atoms with van der Waals surface area (Å²) in [5, 5.41) is 0. The fraction of sp³-hybridized carbons (Fsp3) is 0.417. The average molecular weight is 192 g/mol. The van der Waals surface area contributed by atoms with Crippen LogP contribution < -0.4 is 4.74 Å². The van der Waals surface area contributed by atoms with Crippen LogP contribution in [0.5, 0.6) is 5.75 Å². The molecule has 1 aromatic carbocycles. The van der Waals surface area contributed by atoms with Crippen molar-refractivity contribution in [1.82, 2.24) is 0 Å². The fourth-order valence-electron chi connectivity index (χ4n) is 1.35. The van der Waals surface area contributed by atoms with Gasteiger partial charge in [0, 0.05) is 0 Å². The average Bonchev–Trinajstić information content (AvgIpc) is 2.27. The van der Waals surface area contributed by atoms with E-state index in [1.54, 1.807) is 0 Å². The van der Waals surface area contributed by atoms with E-state index in [1.165, 1.54) is 0 Å². The maximum absolute atomic E-state index is 11.5. The molecule has 0 aromatic heterocycles. The van der Waals surface area contributed by atoms with Crippen LogP contribution in [0.25, 0.3) is 0 Å². The normalized spacial score (nSPS) is 18.8. The van der Waals surface area contributed by atoms with E-state index < -0.39 is 0 Å². The van der Waals surface area contributed by atoms with E-state index in [-0.39, 0.29) is 11.7 Å². The number of carbonyl (C=O) groups excluding carboxylic acids is 1. The number of Topliss-reactive ketones (excluding diaryl/α,β-unsaturated/α-hetero) is 1. The number of rotatable bonds is 0. The Morgan fingerprint density at radius 3 is 2.64 bits per heavy atom. The molecule has 1 aliphatic rings. The van der Waals surface area contributed by atoms with Crippen LogP contribution in [0.15, 0.2) is 24.3 Å². The number of fused-ring (bicyclic) bond motifs is 1. The van der Waals surface area contributed by atoms with Gasteiger partial charge in [-0.25, -0.2) is 0 Å². The van der Waals surface area contributed by atoms with E-state index in [4.69, 9.17) is 4.74 Å². The summed E-state index contributed by atoms with van der Waals surface area (Å²) in [6.45, 7) is 6.40. The van der Waals surface area contributed by atoms with Crippen molar-refractivity contribution in [2.24, 2.45) is 5.92 Å². The zero-order valence-electron chi connectivity index (χ0n) is 8.91. The first-order valence-electron chi connectivity index (χ1n) is 5.05. The number of para-hydroxylation sites is 1. The first-order chi connectivity index (χ1) is 6.79. The number of hydrogen-bond acceptors (Lipinski definition) is 2. The summed E-state index contributed by atoms with van der Waals surface area (Å²) in [7, 11) is 0. The molecule has 0 amide bonds. The molecule has 1 aromatic rings. The lowest BCUT2D eigenvalue weighted by molar-refractivity contribution is 0.0849. The van der Waals surface area contributed by atoms with Gasteiger partial charge in [0.1, 0.15) is 5.75 Å². The molecule has 0 bridgehead atoms. The Kier molecular flexibility index (Phi) is 3.69. The van der Waals surface area contributed by atoms with Gasteiger partial charge in [0.05, 0.1) is 18.1 Å². The van der Waals surface area contributed by atoms with Crippen molar-refractivity contribution in [2.75, 3.05) is 6.61 Å². The third-order valence-corrected chi connectivity index (χ3v) is 2.09. The maximum Gasteiger partial charge on any atom is 0.172 e. The minimum atomic E-state index is -0.0000926. The van der Waals surface area contributed by atoms with Gasteiger partial charge in [-0.2, -0.15) is 0 Å². The molecule has 2 rings (SSSR count). The zero-order chi connectivity index (χ0) is 10.6. The molecule has 1 aliphatic heterocycles. The molecule has 1 atom stereocenters. The summed E-state index contributed by atoms with van der Waals surface area (Å²) in [5.74, 6) is 0.914. The van der Waals surface area contributed by atoms with Crippen molar-refractivity contribution < 1.29 is 9.53 Å². The van der Waals surface area contributed by atoms with Crippen molar-refractivity contribution in [3.63, 3.8) is 0 Å². The topological polar surface area (TPSA) is 26.3 Å². The van der Waals surface area contributed by atoms with E-state index in [2.05, 4.69) is 0 Å². The van der Waals surface area contributed by atoms with Gasteiger partial charge in [0.2, 0.25) is 0 Å². The molecule has 1 heterocycles. The Bertz CT molecular complexity index is 318. The number of ketones is 1. The van der Waals surface area contributed by atoms with Crippen LogP contribution in [-0.4, -0.2) is 12.4 Å². The molecule has 2 nitrogen and oxygen atoms in total. The van der Waals surface area contributed by atoms with Crippen molar-refractivity contribution in [2.45, 2.75) is 20.8 Å². The molecule has 0 saturated carbocycles. The molecular weight excluding hydrogens is 176 g/mol. The standard InChI is InChI=1S/C10H10O2.C2H6/c1-7-6-12-9-5-3-2-4-8(9)10(7)11;1-2/h2-5,7H,6H2,1H3;1-2H3/t7-;/m1./s1. The first-order valence-corrected chi connectivity index (χ1v) is 5.05. The van der Waals surface area contributed by atoms with Crippen molar-refractivity contribution >= 4 is 5.78 Å². The Hall–Kier alpha value is -1.31. The maximum atomic E-state index is 11.5. The van der Waals surface area contributed by atoms with Crippen LogP contribution in [0.1, 0.15) is 31.1 Å². The second-order valence-electron chi connectivity index (χ2n) is 3.07. The van der Waals surface area contributed by atoms with Crippen LogP contribution in [0.2, 0.25) is 0 Å². The second kappa shape index (κ2) is 4.80. The highest BCUT2D eigenvalue weighted by Gasteiger charge is 2.24. The highest BCUT2D eigenvalue weighted by atomic mass is 16.5. The van der Waals surface area contributed by atoms with Crippen LogP contribution in [0.4, 0.5) is 0 Å². The van der Waals surface area contributed by atoms with E-state index >= 15 is 0 Å². The predicted molar refractivity (Wildman–Crippen MR) is 56.8 cm³/mol. The highest BCUT2D eigenvalue weighted by molar-refractivity contribution is 6.01. The quantitative estimate of drug-likeness (QED) is 0.631. The van der Waals surface area contributed by atoms with Crippen LogP contribution >= 0.6 is 0 Å². The Balaban J connectivity index is 0.000000461. The molecule has 0 radical (unpaired) electrons. The lowest BCUT2D eigenvalue weighted by Gasteiger charge is -2.20. The van der Waals surface area contributed by atoms with Crippen molar-refractivity contribution in [1.29, 1.82) is 0 Å². The van der Waals surface area contributed by atoms with Crippen LogP contribution in [0, 0.1) is 5.92 Å². The van der Waals surface area contributed by atoms with Gasteiger partial charge >= 0.3 is 0 Å². The number of ether oxygens (including phenoxy) is 1. The van der Waals surface area contributed by atoms with Gasteiger partial charge in [-0.05, 0) is 12.1 Å². The first kappa shape index (κ1) is 10.8. The zero-order valence-corrected chi connectivity index (χ0v) is 8.91. The van der Waals surface area contributed by atoms with Gasteiger partial charge in [-0.1, -0.05) is 32.9 Å². The smallest absolute Gasteiger partial charge is 0.172 e. The number of benzene rings is 1. The Labute approximate surface area is 84.9 Å². The van der Waals surface area contributed by atoms with Crippen LogP contribution in [0.3, 0.4) is 0 Å². The van der Waals surface area contributed by atoms with Gasteiger partial charge in [-0.3, -0.25) is 4.79 Å². The molecule has 0 fully saturated rings. The Morgan fingerprint density at radius 1 is 1.29 bits per heavy atom. The number of hydrogen-bond donors (Lipinski definition) is 0. The fourth-order valence-corrected chi connectivity index (χ4v) is 1.35. The molecule has 14 heavy (non-hydrogen) atoms. The summed E-state index contributed by atoms with van der Waals surface area (Å²) in [6, 6.07) is 7.38. The highest BCUT2D eigenvalue weighted by Crippen LogP contribution is 2.26. The molecule has 76 valence electrons. The summed E-state index contributed by atoms with van der Waals surface area (Å²) in [4.78, 5) is 11.5. The second-order valence-corrected chi connectivity index (χ2v) is 3.07. The minimum absolute atomic E-state index is 0.0000926. The lowest BCUT2D eigenvalue weighted by atomic mass is 9.97. The van der Waals surface area contributed by atoms with Gasteiger partial charge in [0.15, 0.2) is 5.78 Å². The predicted octanol–water partition coefficient (Wildman–Crippen LogP) is 2.92. The van der Waals surface area contributed by atoms with Crippen molar-refractivity contribution in [3.05, 3.63) is 29.8 Å².